The van der Waals surface area contributed by atoms with E-state index in [4.69, 9.17) is 0 Å². The molecule has 0 aromatic carbocycles. The molecule has 0 saturated heterocycles. The topological polar surface area (TPSA) is 24.9 Å². The van der Waals surface area contributed by atoms with Crippen LogP contribution in [-0.4, -0.2) is 18.2 Å². The van der Waals surface area contributed by atoms with Crippen molar-refractivity contribution >= 4 is 31.9 Å². The van der Waals surface area contributed by atoms with Crippen LogP contribution in [0.3, 0.4) is 0 Å². The van der Waals surface area contributed by atoms with E-state index in [2.05, 4.69) is 42.2 Å². The summed E-state index contributed by atoms with van der Waals surface area (Å²) < 4.78 is 37.9. The lowest BCUT2D eigenvalue weighted by Crippen LogP contribution is -2.19. The molecule has 0 saturated carbocycles. The van der Waals surface area contributed by atoms with Crippen molar-refractivity contribution in [1.82, 2.24) is 10.3 Å². The number of pyridine rings is 1. The second kappa shape index (κ2) is 6.86. The number of nitrogens with zero attached hydrogens (tertiary/aromatic N) is 1. The zero-order valence-electron chi connectivity index (χ0n) is 9.69. The van der Waals surface area contributed by atoms with Crippen LogP contribution >= 0.6 is 31.9 Å². The maximum atomic E-state index is 12.1. The highest BCUT2D eigenvalue weighted by molar-refractivity contribution is 9.11. The first-order valence-electron chi connectivity index (χ1n) is 5.38. The molecular formula is C11H13Br2F3N2. The maximum absolute atomic E-state index is 12.1. The molecule has 0 bridgehead atoms. The smallest absolute Gasteiger partial charge is 0.312 e. The van der Waals surface area contributed by atoms with Gasteiger partial charge in [0.1, 0.15) is 0 Å². The first-order valence-corrected chi connectivity index (χ1v) is 6.97. The summed E-state index contributed by atoms with van der Waals surface area (Å²) in [5.74, 6) is 0. The molecule has 1 heterocycles. The highest BCUT2D eigenvalue weighted by Crippen LogP contribution is 2.29. The summed E-state index contributed by atoms with van der Waals surface area (Å²) in [7, 11) is 1.72. The molecule has 0 spiro atoms. The molecule has 0 aliphatic carbocycles. The first-order chi connectivity index (χ1) is 8.33. The average molecular weight is 390 g/mol. The number of nitrogens with one attached hydrogen (secondary N) is 1. The minimum Gasteiger partial charge on any atom is -0.312 e. The molecule has 102 valence electrons. The molecule has 18 heavy (non-hydrogen) atoms. The lowest BCUT2D eigenvalue weighted by Gasteiger charge is -2.17. The second-order valence-corrected chi connectivity index (χ2v) is 5.64. The minimum absolute atomic E-state index is 0.0825. The maximum Gasteiger partial charge on any atom is 0.389 e. The number of hydrogen-bond donors (Lipinski definition) is 1. The lowest BCUT2D eigenvalue weighted by molar-refractivity contribution is -0.135. The van der Waals surface area contributed by atoms with Gasteiger partial charge >= 0.3 is 6.18 Å². The molecule has 1 N–H and O–H groups in total. The Morgan fingerprint density at radius 2 is 2.06 bits per heavy atom. The van der Waals surface area contributed by atoms with Gasteiger partial charge in [0, 0.05) is 21.6 Å². The Bertz CT molecular complexity index is 396. The molecular weight excluding hydrogens is 377 g/mol. The lowest BCUT2D eigenvalue weighted by atomic mass is 10.1. The molecule has 2 nitrogen and oxygen atoms in total. The molecule has 1 unspecified atom stereocenters. The Hall–Kier alpha value is -0.140. The summed E-state index contributed by atoms with van der Waals surface area (Å²) in [5.41, 5.74) is 0.725. The summed E-state index contributed by atoms with van der Waals surface area (Å²) in [6.45, 7) is 0. The molecule has 1 aromatic heterocycles. The van der Waals surface area contributed by atoms with Crippen LogP contribution in [0.2, 0.25) is 0 Å². The SMILES string of the molecule is CNC(CCCC(F)(F)F)c1ncc(Br)cc1Br. The largest absolute Gasteiger partial charge is 0.389 e. The number of halogens is 5. The Labute approximate surface area is 121 Å². The molecule has 0 aliphatic rings. The molecule has 0 aliphatic heterocycles. The third kappa shape index (κ3) is 5.24. The van der Waals surface area contributed by atoms with Crippen LogP contribution in [0.25, 0.3) is 0 Å². The molecule has 1 aromatic rings. The Kier molecular flexibility index (Phi) is 6.07. The van der Waals surface area contributed by atoms with Crippen LogP contribution < -0.4 is 5.32 Å². The predicted molar refractivity (Wildman–Crippen MR) is 71.3 cm³/mol. The van der Waals surface area contributed by atoms with Crippen LogP contribution in [-0.2, 0) is 0 Å². The van der Waals surface area contributed by atoms with E-state index in [-0.39, 0.29) is 12.5 Å². The summed E-state index contributed by atoms with van der Waals surface area (Å²) in [5, 5.41) is 2.99. The number of alkyl halides is 3. The third-order valence-corrected chi connectivity index (χ3v) is 3.54. The fourth-order valence-electron chi connectivity index (χ4n) is 1.61. The Morgan fingerprint density at radius 3 is 2.56 bits per heavy atom. The Balaban J connectivity index is 2.66. The fraction of sp³-hybridized carbons (Fsp3) is 0.545. The number of aromatic nitrogens is 1. The van der Waals surface area contributed by atoms with Crippen molar-refractivity contribution in [3.8, 4) is 0 Å². The van der Waals surface area contributed by atoms with Crippen LogP contribution in [0, 0.1) is 0 Å². The van der Waals surface area contributed by atoms with Gasteiger partial charge in [0.15, 0.2) is 0 Å². The van der Waals surface area contributed by atoms with Crippen LogP contribution in [0.1, 0.15) is 31.0 Å². The Morgan fingerprint density at radius 1 is 1.39 bits per heavy atom. The molecule has 7 heteroatoms. The monoisotopic (exact) mass is 388 g/mol. The van der Waals surface area contributed by atoms with E-state index in [1.54, 1.807) is 13.2 Å². The van der Waals surface area contributed by atoms with Crippen molar-refractivity contribution in [2.24, 2.45) is 0 Å². The summed E-state index contributed by atoms with van der Waals surface area (Å²) >= 11 is 6.65. The third-order valence-electron chi connectivity index (χ3n) is 2.47. The van der Waals surface area contributed by atoms with E-state index in [0.29, 0.717) is 6.42 Å². The second-order valence-electron chi connectivity index (χ2n) is 3.87. The highest BCUT2D eigenvalue weighted by Gasteiger charge is 2.27. The van der Waals surface area contributed by atoms with Crippen molar-refractivity contribution in [2.45, 2.75) is 31.5 Å². The first kappa shape index (κ1) is 15.9. The standard InChI is InChI=1S/C11H13Br2F3N2/c1-17-9(3-2-4-11(14,15)16)10-8(13)5-7(12)6-18-10/h5-6,9,17H,2-4H2,1H3. The van der Waals surface area contributed by atoms with Crippen LogP contribution in [0.5, 0.6) is 0 Å². The van der Waals surface area contributed by atoms with Crippen molar-refractivity contribution in [3.63, 3.8) is 0 Å². The van der Waals surface area contributed by atoms with Gasteiger partial charge in [0.25, 0.3) is 0 Å². The van der Waals surface area contributed by atoms with E-state index >= 15 is 0 Å². The van der Waals surface area contributed by atoms with Gasteiger partial charge in [-0.05, 0) is 57.8 Å². The normalized spacial score (nSPS) is 13.7. The summed E-state index contributed by atoms with van der Waals surface area (Å²) in [6, 6.07) is 1.64. The van der Waals surface area contributed by atoms with Crippen molar-refractivity contribution < 1.29 is 13.2 Å². The number of rotatable bonds is 5. The van der Waals surface area contributed by atoms with Gasteiger partial charge in [0.2, 0.25) is 0 Å². The van der Waals surface area contributed by atoms with Crippen molar-refractivity contribution in [3.05, 3.63) is 26.9 Å². The van der Waals surface area contributed by atoms with Crippen molar-refractivity contribution in [1.29, 1.82) is 0 Å². The summed E-state index contributed by atoms with van der Waals surface area (Å²) in [6.07, 6.45) is -2.75. The van der Waals surface area contributed by atoms with Crippen LogP contribution in [0.15, 0.2) is 21.2 Å². The van der Waals surface area contributed by atoms with E-state index in [1.165, 1.54) is 0 Å². The minimum atomic E-state index is -4.09. The molecule has 0 fully saturated rings. The molecule has 0 amide bonds. The summed E-state index contributed by atoms with van der Waals surface area (Å²) in [4.78, 5) is 4.23. The van der Waals surface area contributed by atoms with Gasteiger partial charge in [-0.15, -0.1) is 0 Å². The molecule has 1 atom stereocenters. The van der Waals surface area contributed by atoms with Crippen molar-refractivity contribution in [2.75, 3.05) is 7.05 Å². The average Bonchev–Trinajstić information content (AvgIpc) is 2.24. The van der Waals surface area contributed by atoms with E-state index in [1.807, 2.05) is 6.07 Å². The number of hydrogen-bond acceptors (Lipinski definition) is 2. The van der Waals surface area contributed by atoms with Gasteiger partial charge in [-0.3, -0.25) is 4.98 Å². The predicted octanol–water partition coefficient (Wildman–Crippen LogP) is 4.60. The van der Waals surface area contributed by atoms with Crippen LogP contribution in [0.4, 0.5) is 13.2 Å². The van der Waals surface area contributed by atoms with Gasteiger partial charge < -0.3 is 5.32 Å². The van der Waals surface area contributed by atoms with Gasteiger partial charge in [0.05, 0.1) is 11.7 Å². The van der Waals surface area contributed by atoms with Gasteiger partial charge in [-0.1, -0.05) is 0 Å². The molecule has 0 radical (unpaired) electrons. The zero-order chi connectivity index (χ0) is 13.8. The zero-order valence-corrected chi connectivity index (χ0v) is 12.9. The van der Waals surface area contributed by atoms with E-state index in [0.717, 1.165) is 14.6 Å². The quantitative estimate of drug-likeness (QED) is 0.795. The fourth-order valence-corrected chi connectivity index (χ4v) is 2.87. The van der Waals surface area contributed by atoms with E-state index in [9.17, 15) is 13.2 Å². The molecule has 1 rings (SSSR count). The van der Waals surface area contributed by atoms with E-state index < -0.39 is 12.6 Å². The van der Waals surface area contributed by atoms with Gasteiger partial charge in [-0.25, -0.2) is 0 Å². The highest BCUT2D eigenvalue weighted by atomic mass is 79.9. The van der Waals surface area contributed by atoms with Gasteiger partial charge in [-0.2, -0.15) is 13.2 Å².